The van der Waals surface area contributed by atoms with Gasteiger partial charge in [-0.2, -0.15) is 0 Å². The summed E-state index contributed by atoms with van der Waals surface area (Å²) in [6.07, 6.45) is 0. The number of anilines is 1. The number of carbonyl (C=O) groups excluding carboxylic acids is 2. The van der Waals surface area contributed by atoms with E-state index in [1.54, 1.807) is 0 Å². The van der Waals surface area contributed by atoms with E-state index in [0.717, 1.165) is 19.2 Å². The predicted octanol–water partition coefficient (Wildman–Crippen LogP) is 0.407. The van der Waals surface area contributed by atoms with Gasteiger partial charge in [0.25, 0.3) is 11.6 Å². The second kappa shape index (κ2) is 7.04. The number of non-ortho nitro benzene ring substituents is 1. The molecule has 0 fully saturated rings. The zero-order valence-corrected chi connectivity index (χ0v) is 12.6. The molecule has 2 rings (SSSR count). The molecule has 1 heterocycles. The first-order valence-corrected chi connectivity index (χ1v) is 6.81. The van der Waals surface area contributed by atoms with Crippen molar-refractivity contribution in [3.63, 3.8) is 0 Å². The van der Waals surface area contributed by atoms with Crippen molar-refractivity contribution in [2.45, 2.75) is 0 Å². The summed E-state index contributed by atoms with van der Waals surface area (Å²) >= 11 is 0. The minimum Gasteiger partial charge on any atom is -0.466 e. The number of hydrogen-bond acceptors (Lipinski definition) is 7. The molecule has 0 saturated heterocycles. The number of β-amino-alcohol motifs (C(OH)–C–C–N with tert-alkyl or cyclic N) is 1. The van der Waals surface area contributed by atoms with Gasteiger partial charge >= 0.3 is 5.97 Å². The summed E-state index contributed by atoms with van der Waals surface area (Å²) in [5.41, 5.74) is -0.854. The summed E-state index contributed by atoms with van der Waals surface area (Å²) in [6, 6.07) is 2.86. The average Bonchev–Trinajstić information content (AvgIpc) is 2.85. The van der Waals surface area contributed by atoms with Crippen LogP contribution in [0, 0.1) is 15.9 Å². The van der Waals surface area contributed by atoms with Crippen LogP contribution in [0.3, 0.4) is 0 Å². The van der Waals surface area contributed by atoms with E-state index in [9.17, 15) is 24.1 Å². The van der Waals surface area contributed by atoms with Crippen LogP contribution in [0.4, 0.5) is 15.8 Å². The second-order valence-electron chi connectivity index (χ2n) is 4.84. The Balaban J connectivity index is 2.35. The van der Waals surface area contributed by atoms with Crippen molar-refractivity contribution >= 4 is 23.3 Å². The summed E-state index contributed by atoms with van der Waals surface area (Å²) in [5.74, 6) is -2.33. The van der Waals surface area contributed by atoms with E-state index < -0.39 is 28.3 Å². The first kappa shape index (κ1) is 17.3. The van der Waals surface area contributed by atoms with Gasteiger partial charge in [-0.05, 0) is 6.07 Å². The number of nitrogens with one attached hydrogen (secondary N) is 1. The molecule has 9 nitrogen and oxygen atoms in total. The minimum atomic E-state index is -0.950. The van der Waals surface area contributed by atoms with Crippen molar-refractivity contribution in [2.75, 3.05) is 32.1 Å². The van der Waals surface area contributed by atoms with Crippen LogP contribution in [0.25, 0.3) is 0 Å². The highest BCUT2D eigenvalue weighted by Gasteiger charge is 2.34. The lowest BCUT2D eigenvalue weighted by Gasteiger charge is -2.15. The fraction of sp³-hybridized carbons (Fsp3) is 0.286. The number of rotatable bonds is 6. The molecule has 0 atom stereocenters. The van der Waals surface area contributed by atoms with Crippen LogP contribution in [0.1, 0.15) is 0 Å². The van der Waals surface area contributed by atoms with Gasteiger partial charge in [-0.1, -0.05) is 0 Å². The number of aliphatic hydroxyl groups excluding tert-OH is 1. The van der Waals surface area contributed by atoms with Gasteiger partial charge in [0.05, 0.1) is 42.5 Å². The van der Waals surface area contributed by atoms with Crippen LogP contribution in [0.5, 0.6) is 0 Å². The van der Waals surface area contributed by atoms with Gasteiger partial charge in [-0.15, -0.1) is 0 Å². The molecule has 1 aliphatic heterocycles. The average molecular weight is 339 g/mol. The number of esters is 1. The molecule has 0 radical (unpaired) electrons. The first-order chi connectivity index (χ1) is 11.4. The van der Waals surface area contributed by atoms with E-state index in [-0.39, 0.29) is 36.7 Å². The van der Waals surface area contributed by atoms with Crippen molar-refractivity contribution in [1.82, 2.24) is 4.90 Å². The minimum absolute atomic E-state index is 0.00670. The molecule has 0 unspecified atom stereocenters. The number of hydrogen-bond donors (Lipinski definition) is 2. The van der Waals surface area contributed by atoms with Crippen LogP contribution in [-0.4, -0.2) is 53.6 Å². The summed E-state index contributed by atoms with van der Waals surface area (Å²) in [7, 11) is 1.14. The van der Waals surface area contributed by atoms with Crippen molar-refractivity contribution < 1.29 is 28.7 Å². The van der Waals surface area contributed by atoms with Crippen LogP contribution in [0.15, 0.2) is 29.5 Å². The number of ether oxygens (including phenoxy) is 1. The molecule has 0 aromatic heterocycles. The van der Waals surface area contributed by atoms with Gasteiger partial charge in [0.1, 0.15) is 5.70 Å². The van der Waals surface area contributed by atoms with Gasteiger partial charge in [-0.25, -0.2) is 9.18 Å². The zero-order valence-electron chi connectivity index (χ0n) is 12.6. The van der Waals surface area contributed by atoms with Gasteiger partial charge in [0.2, 0.25) is 0 Å². The molecular formula is C14H14FN3O6. The van der Waals surface area contributed by atoms with E-state index in [1.165, 1.54) is 4.90 Å². The lowest BCUT2D eigenvalue weighted by atomic mass is 10.2. The number of nitrogens with zero attached hydrogens (tertiary/aromatic N) is 2. The fourth-order valence-corrected chi connectivity index (χ4v) is 2.20. The smallest absolute Gasteiger partial charge is 0.337 e. The Hall–Kier alpha value is -3.01. The quantitative estimate of drug-likeness (QED) is 0.437. The Morgan fingerprint density at radius 3 is 2.79 bits per heavy atom. The van der Waals surface area contributed by atoms with Gasteiger partial charge in [-0.3, -0.25) is 14.9 Å². The van der Waals surface area contributed by atoms with Crippen LogP contribution >= 0.6 is 0 Å². The number of aliphatic hydroxyl groups is 1. The molecule has 0 spiro atoms. The Morgan fingerprint density at radius 2 is 2.25 bits per heavy atom. The van der Waals surface area contributed by atoms with Crippen molar-refractivity contribution in [2.24, 2.45) is 0 Å². The largest absolute Gasteiger partial charge is 0.466 e. The topological polar surface area (TPSA) is 122 Å². The monoisotopic (exact) mass is 339 g/mol. The number of benzene rings is 1. The highest BCUT2D eigenvalue weighted by Crippen LogP contribution is 2.26. The third kappa shape index (κ3) is 3.33. The number of halogens is 1. The van der Waals surface area contributed by atoms with Crippen LogP contribution in [0.2, 0.25) is 0 Å². The number of nitro groups is 1. The van der Waals surface area contributed by atoms with E-state index in [0.29, 0.717) is 6.07 Å². The van der Waals surface area contributed by atoms with Crippen LogP contribution < -0.4 is 5.32 Å². The Labute approximate surface area is 135 Å². The molecule has 24 heavy (non-hydrogen) atoms. The van der Waals surface area contributed by atoms with E-state index >= 15 is 0 Å². The standard InChI is InChI=1S/C14H14FN3O6/c1-24-14(21)9-7-17(4-5-19)13(20)12(9)16-11-3-2-8(18(22)23)6-10(11)15/h2-3,6,16,19H,4-5,7H2,1H3. The maximum atomic E-state index is 14.0. The molecule has 1 aromatic rings. The Kier molecular flexibility index (Phi) is 5.09. The third-order valence-corrected chi connectivity index (χ3v) is 3.38. The fourth-order valence-electron chi connectivity index (χ4n) is 2.20. The zero-order chi connectivity index (χ0) is 17.9. The second-order valence-corrected chi connectivity index (χ2v) is 4.84. The lowest BCUT2D eigenvalue weighted by Crippen LogP contribution is -2.31. The maximum Gasteiger partial charge on any atom is 0.337 e. The molecule has 2 N–H and O–H groups in total. The maximum absolute atomic E-state index is 14.0. The summed E-state index contributed by atoms with van der Waals surface area (Å²) in [5, 5.41) is 22.1. The Morgan fingerprint density at radius 1 is 1.54 bits per heavy atom. The number of nitro benzene ring substituents is 1. The number of amides is 1. The van der Waals surface area contributed by atoms with Crippen molar-refractivity contribution in [1.29, 1.82) is 0 Å². The molecule has 1 amide bonds. The number of carbonyl (C=O) groups is 2. The van der Waals surface area contributed by atoms with E-state index in [2.05, 4.69) is 10.1 Å². The highest BCUT2D eigenvalue weighted by molar-refractivity contribution is 6.08. The molecule has 0 saturated carbocycles. The SMILES string of the molecule is COC(=O)C1=C(Nc2ccc([N+](=O)[O-])cc2F)C(=O)N(CCO)C1. The summed E-state index contributed by atoms with van der Waals surface area (Å²) in [6.45, 7) is -0.407. The van der Waals surface area contributed by atoms with Crippen LogP contribution in [-0.2, 0) is 14.3 Å². The van der Waals surface area contributed by atoms with Crippen molar-refractivity contribution in [3.8, 4) is 0 Å². The van der Waals surface area contributed by atoms with E-state index in [1.807, 2.05) is 0 Å². The summed E-state index contributed by atoms with van der Waals surface area (Å²) < 4.78 is 18.6. The molecule has 0 aliphatic carbocycles. The third-order valence-electron chi connectivity index (χ3n) is 3.38. The molecule has 1 aliphatic rings. The molecule has 10 heteroatoms. The molecule has 128 valence electrons. The van der Waals surface area contributed by atoms with Gasteiger partial charge in [0.15, 0.2) is 5.82 Å². The van der Waals surface area contributed by atoms with E-state index in [4.69, 9.17) is 5.11 Å². The summed E-state index contributed by atoms with van der Waals surface area (Å²) in [4.78, 5) is 35.1. The molecular weight excluding hydrogens is 325 g/mol. The first-order valence-electron chi connectivity index (χ1n) is 6.81. The Bertz CT molecular complexity index is 733. The van der Waals surface area contributed by atoms with Crippen molar-refractivity contribution in [3.05, 3.63) is 45.4 Å². The number of methoxy groups -OCH3 is 1. The van der Waals surface area contributed by atoms with Gasteiger partial charge < -0.3 is 20.1 Å². The predicted molar refractivity (Wildman–Crippen MR) is 79.4 cm³/mol. The molecule has 0 bridgehead atoms. The highest BCUT2D eigenvalue weighted by atomic mass is 19.1. The lowest BCUT2D eigenvalue weighted by molar-refractivity contribution is -0.385. The van der Waals surface area contributed by atoms with Gasteiger partial charge in [0, 0.05) is 12.6 Å². The normalized spacial score (nSPS) is 14.1. The molecule has 1 aromatic carbocycles.